The molecular weight excluding hydrogens is 978 g/mol. The Morgan fingerprint density at radius 2 is 0.675 bits per heavy atom. The summed E-state index contributed by atoms with van der Waals surface area (Å²) in [4.78, 5) is 35.3. The summed E-state index contributed by atoms with van der Waals surface area (Å²) in [6.07, 6.45) is 78.0. The van der Waals surface area contributed by atoms with E-state index in [1.807, 2.05) is 0 Å². The fraction of sp³-hybridized carbons (Fsp3) is 0.881. The number of nitrogens with two attached hydrogens (primary N) is 1. The minimum atomic E-state index is -4.39. The van der Waals surface area contributed by atoms with E-state index in [9.17, 15) is 19.0 Å². The van der Waals surface area contributed by atoms with E-state index >= 15 is 0 Å². The van der Waals surface area contributed by atoms with Crippen molar-refractivity contribution in [2.75, 3.05) is 26.4 Å². The summed E-state index contributed by atoms with van der Waals surface area (Å²) in [5, 5.41) is 0. The van der Waals surface area contributed by atoms with Crippen molar-refractivity contribution in [2.45, 2.75) is 354 Å². The minimum absolute atomic E-state index is 0.0561. The molecule has 0 saturated carbocycles. The van der Waals surface area contributed by atoms with Gasteiger partial charge < -0.3 is 20.1 Å². The Kier molecular flexibility index (Phi) is 62.0. The van der Waals surface area contributed by atoms with E-state index in [0.717, 1.165) is 44.9 Å². The summed E-state index contributed by atoms with van der Waals surface area (Å²) in [5.74, 6) is -0.806. The molecule has 2 unspecified atom stereocenters. The van der Waals surface area contributed by atoms with Crippen LogP contribution < -0.4 is 5.73 Å². The average Bonchev–Trinajstić information content (AvgIpc) is 3.42. The Hall–Kier alpha value is -1.77. The lowest BCUT2D eigenvalue weighted by Crippen LogP contribution is -2.29. The van der Waals surface area contributed by atoms with Crippen molar-refractivity contribution in [1.29, 1.82) is 0 Å². The predicted octanol–water partition coefficient (Wildman–Crippen LogP) is 21.5. The van der Waals surface area contributed by atoms with Crippen LogP contribution in [0.15, 0.2) is 36.5 Å². The highest BCUT2D eigenvalue weighted by atomic mass is 31.2. The standard InChI is InChI=1S/C67H128NO8P/c1-3-5-7-9-11-13-15-17-19-21-23-25-27-28-29-30-31-32-33-34-35-36-38-40-42-44-46-48-50-52-54-56-58-60-67(70)76-65(64-75-77(71,72)74-62-61-68)63-73-66(69)59-57-55-53-51-49-47-45-43-41-39-37-26-24-22-20-18-16-14-12-10-8-6-4-2/h15,17,21,23,27-28,65H,3-14,16,18-20,22,24-26,29-64,68H2,1-2H3,(H,71,72)/b17-15-,23-21-,28-27-. The number of phosphoric ester groups is 1. The van der Waals surface area contributed by atoms with E-state index < -0.39 is 26.5 Å². The summed E-state index contributed by atoms with van der Waals surface area (Å²) in [6.45, 7) is 3.80. The maximum Gasteiger partial charge on any atom is 0.472 e. The largest absolute Gasteiger partial charge is 0.472 e. The van der Waals surface area contributed by atoms with Crippen LogP contribution in [-0.2, 0) is 32.7 Å². The first kappa shape index (κ1) is 75.2. The van der Waals surface area contributed by atoms with Gasteiger partial charge >= 0.3 is 19.8 Å². The highest BCUT2D eigenvalue weighted by Crippen LogP contribution is 2.43. The van der Waals surface area contributed by atoms with Gasteiger partial charge in [-0.25, -0.2) is 4.57 Å². The number of hydrogen-bond donors (Lipinski definition) is 2. The van der Waals surface area contributed by atoms with Gasteiger partial charge in [0.15, 0.2) is 6.10 Å². The number of ether oxygens (including phenoxy) is 2. The molecular formula is C67H128NO8P. The van der Waals surface area contributed by atoms with Crippen molar-refractivity contribution in [3.63, 3.8) is 0 Å². The summed E-state index contributed by atoms with van der Waals surface area (Å²) >= 11 is 0. The first-order valence-corrected chi connectivity index (χ1v) is 35.0. The molecule has 0 heterocycles. The molecule has 3 N–H and O–H groups in total. The lowest BCUT2D eigenvalue weighted by molar-refractivity contribution is -0.161. The second-order valence-electron chi connectivity index (χ2n) is 22.7. The molecule has 0 radical (unpaired) electrons. The van der Waals surface area contributed by atoms with Crippen LogP contribution in [0.2, 0.25) is 0 Å². The van der Waals surface area contributed by atoms with Crippen molar-refractivity contribution >= 4 is 19.8 Å². The van der Waals surface area contributed by atoms with Gasteiger partial charge in [-0.05, 0) is 51.4 Å². The zero-order chi connectivity index (χ0) is 55.9. The third-order valence-electron chi connectivity index (χ3n) is 15.0. The molecule has 0 rings (SSSR count). The molecule has 0 aliphatic rings. The van der Waals surface area contributed by atoms with Gasteiger partial charge in [-0.2, -0.15) is 0 Å². The number of carbonyl (C=O) groups is 2. The molecule has 0 bridgehead atoms. The van der Waals surface area contributed by atoms with Gasteiger partial charge in [-0.3, -0.25) is 18.6 Å². The molecule has 0 aromatic carbocycles. The van der Waals surface area contributed by atoms with E-state index in [0.29, 0.717) is 6.42 Å². The van der Waals surface area contributed by atoms with Crippen LogP contribution >= 0.6 is 7.82 Å². The maximum absolute atomic E-state index is 12.7. The molecule has 0 aliphatic heterocycles. The van der Waals surface area contributed by atoms with Gasteiger partial charge in [0.05, 0.1) is 13.2 Å². The fourth-order valence-corrected chi connectivity index (χ4v) is 10.8. The number of rotatable bonds is 64. The zero-order valence-electron chi connectivity index (χ0n) is 51.0. The van der Waals surface area contributed by atoms with Crippen LogP contribution in [0, 0.1) is 0 Å². The maximum atomic E-state index is 12.7. The quantitative estimate of drug-likeness (QED) is 0.0264. The van der Waals surface area contributed by atoms with E-state index in [1.54, 1.807) is 0 Å². The van der Waals surface area contributed by atoms with Crippen LogP contribution in [0.1, 0.15) is 348 Å². The number of carbonyl (C=O) groups excluding carboxylic acids is 2. The van der Waals surface area contributed by atoms with Crippen LogP contribution in [-0.4, -0.2) is 49.3 Å². The lowest BCUT2D eigenvalue weighted by Gasteiger charge is -2.19. The van der Waals surface area contributed by atoms with Gasteiger partial charge in [0.1, 0.15) is 6.61 Å². The van der Waals surface area contributed by atoms with E-state index in [-0.39, 0.29) is 38.6 Å². The monoisotopic (exact) mass is 1110 g/mol. The van der Waals surface area contributed by atoms with Crippen molar-refractivity contribution in [3.05, 3.63) is 36.5 Å². The predicted molar refractivity (Wildman–Crippen MR) is 330 cm³/mol. The Bertz CT molecular complexity index is 1350. The molecule has 0 spiro atoms. The van der Waals surface area contributed by atoms with Crippen LogP contribution in [0.4, 0.5) is 0 Å². The molecule has 10 heteroatoms. The van der Waals surface area contributed by atoms with Crippen molar-refractivity contribution in [3.8, 4) is 0 Å². The number of unbranched alkanes of at least 4 members (excludes halogenated alkanes) is 45. The highest BCUT2D eigenvalue weighted by molar-refractivity contribution is 7.47. The van der Waals surface area contributed by atoms with Gasteiger partial charge in [-0.1, -0.05) is 320 Å². The topological polar surface area (TPSA) is 134 Å². The molecule has 77 heavy (non-hydrogen) atoms. The molecule has 0 amide bonds. The van der Waals surface area contributed by atoms with Gasteiger partial charge in [-0.15, -0.1) is 0 Å². The van der Waals surface area contributed by atoms with Crippen molar-refractivity contribution in [1.82, 2.24) is 0 Å². The summed E-state index contributed by atoms with van der Waals surface area (Å²) in [7, 11) is -4.39. The van der Waals surface area contributed by atoms with Crippen molar-refractivity contribution < 1.29 is 37.6 Å². The third kappa shape index (κ3) is 63.3. The minimum Gasteiger partial charge on any atom is -0.462 e. The zero-order valence-corrected chi connectivity index (χ0v) is 51.9. The van der Waals surface area contributed by atoms with Gasteiger partial charge in [0.2, 0.25) is 0 Å². The van der Waals surface area contributed by atoms with E-state index in [4.69, 9.17) is 24.3 Å². The summed E-state index contributed by atoms with van der Waals surface area (Å²) in [5.41, 5.74) is 5.40. The first-order valence-electron chi connectivity index (χ1n) is 33.5. The molecule has 0 aromatic heterocycles. The normalized spacial score (nSPS) is 13.1. The van der Waals surface area contributed by atoms with Gasteiger partial charge in [0, 0.05) is 19.4 Å². The Labute approximate surface area is 477 Å². The summed E-state index contributed by atoms with van der Waals surface area (Å²) in [6, 6.07) is 0. The lowest BCUT2D eigenvalue weighted by atomic mass is 10.0. The molecule has 0 aliphatic carbocycles. The Morgan fingerprint density at radius 3 is 1.00 bits per heavy atom. The second-order valence-corrected chi connectivity index (χ2v) is 24.2. The van der Waals surface area contributed by atoms with Crippen LogP contribution in [0.3, 0.4) is 0 Å². The molecule has 9 nitrogen and oxygen atoms in total. The third-order valence-corrected chi connectivity index (χ3v) is 16.0. The number of hydrogen-bond acceptors (Lipinski definition) is 8. The molecule has 0 fully saturated rings. The molecule has 0 saturated heterocycles. The first-order chi connectivity index (χ1) is 37.8. The fourth-order valence-electron chi connectivity index (χ4n) is 10.1. The van der Waals surface area contributed by atoms with E-state index in [2.05, 4.69) is 50.3 Å². The van der Waals surface area contributed by atoms with Crippen molar-refractivity contribution in [2.24, 2.45) is 5.73 Å². The smallest absolute Gasteiger partial charge is 0.462 e. The summed E-state index contributed by atoms with van der Waals surface area (Å²) < 4.78 is 33.2. The average molecular weight is 1110 g/mol. The Balaban J connectivity index is 3.84. The van der Waals surface area contributed by atoms with Crippen LogP contribution in [0.25, 0.3) is 0 Å². The SMILES string of the molecule is CCCCCCC/C=C\C/C=C\C/C=C\CCCCCCCCCCCCCCCCCCCCC(=O)OC(COC(=O)CCCCCCCCCCCCCCCCCCCCCCCCC)COP(=O)(O)OCCN. The number of phosphoric acid groups is 1. The second kappa shape index (κ2) is 63.4. The Morgan fingerprint density at radius 1 is 0.390 bits per heavy atom. The van der Waals surface area contributed by atoms with Crippen LogP contribution in [0.5, 0.6) is 0 Å². The van der Waals surface area contributed by atoms with Gasteiger partial charge in [0.25, 0.3) is 0 Å². The number of allylic oxidation sites excluding steroid dienone is 6. The molecule has 0 aromatic rings. The molecule has 454 valence electrons. The van der Waals surface area contributed by atoms with E-state index in [1.165, 1.54) is 270 Å². The highest BCUT2D eigenvalue weighted by Gasteiger charge is 2.26. The molecule has 2 atom stereocenters. The number of esters is 2.